The molecule has 6 nitrogen and oxygen atoms in total. The molecule has 1 atom stereocenters. The van der Waals surface area contributed by atoms with E-state index in [-0.39, 0.29) is 23.3 Å². The monoisotopic (exact) mass is 408 g/mol. The van der Waals surface area contributed by atoms with Gasteiger partial charge < -0.3 is 9.64 Å². The minimum absolute atomic E-state index is 0.0938. The number of thioether (sulfide) groups is 1. The lowest BCUT2D eigenvalue weighted by Crippen LogP contribution is -3.08. The molecule has 1 aliphatic carbocycles. The number of nitrogens with zero attached hydrogens (tertiary/aromatic N) is 2. The van der Waals surface area contributed by atoms with Gasteiger partial charge in [-0.25, -0.2) is 4.98 Å². The maximum absolute atomic E-state index is 13.6. The molecular formula is C19H26N3O3S2+. The summed E-state index contributed by atoms with van der Waals surface area (Å²) in [5, 5.41) is 1.50. The SMILES string of the molecule is COC(=O)CSc1nc2sc3c(c2c(=O)n1C1CCCCC1)CC[NH+](C)C3. The fraction of sp³-hybridized carbons (Fsp3) is 0.632. The Hall–Kier alpha value is -1.38. The molecule has 0 amide bonds. The van der Waals surface area contributed by atoms with Gasteiger partial charge in [0.25, 0.3) is 5.56 Å². The van der Waals surface area contributed by atoms with Crippen LogP contribution in [0.5, 0.6) is 0 Å². The molecule has 0 spiro atoms. The summed E-state index contributed by atoms with van der Waals surface area (Å²) in [6, 6.07) is 0.190. The van der Waals surface area contributed by atoms with E-state index in [9.17, 15) is 9.59 Å². The third kappa shape index (κ3) is 3.67. The number of fused-ring (bicyclic) bond motifs is 3. The number of carbonyl (C=O) groups excluding carboxylic acids is 1. The Balaban J connectivity index is 1.83. The highest BCUT2D eigenvalue weighted by atomic mass is 32.2. The van der Waals surface area contributed by atoms with Gasteiger partial charge in [0.05, 0.1) is 36.7 Å². The van der Waals surface area contributed by atoms with Crippen LogP contribution in [-0.2, 0) is 22.5 Å². The zero-order chi connectivity index (χ0) is 19.0. The molecule has 1 unspecified atom stereocenters. The lowest BCUT2D eigenvalue weighted by molar-refractivity contribution is -0.895. The van der Waals surface area contributed by atoms with Gasteiger partial charge in [-0.1, -0.05) is 31.0 Å². The molecule has 8 heteroatoms. The summed E-state index contributed by atoms with van der Waals surface area (Å²) in [4.78, 5) is 33.7. The molecule has 27 heavy (non-hydrogen) atoms. The molecule has 2 aliphatic rings. The fourth-order valence-corrected chi connectivity index (χ4v) is 6.47. The van der Waals surface area contributed by atoms with Gasteiger partial charge in [0.1, 0.15) is 11.4 Å². The molecule has 0 saturated heterocycles. The van der Waals surface area contributed by atoms with E-state index in [4.69, 9.17) is 9.72 Å². The Morgan fingerprint density at radius 3 is 2.89 bits per heavy atom. The molecule has 0 bridgehead atoms. The Morgan fingerprint density at radius 2 is 2.15 bits per heavy atom. The van der Waals surface area contributed by atoms with Crippen LogP contribution >= 0.6 is 23.1 Å². The second kappa shape index (κ2) is 7.93. The molecule has 0 aromatic carbocycles. The third-order valence-corrected chi connectivity index (χ3v) is 7.71. The van der Waals surface area contributed by atoms with Crippen LogP contribution in [0.3, 0.4) is 0 Å². The summed E-state index contributed by atoms with van der Waals surface area (Å²) < 4.78 is 6.67. The van der Waals surface area contributed by atoms with Crippen molar-refractivity contribution in [2.45, 2.75) is 56.3 Å². The van der Waals surface area contributed by atoms with Crippen LogP contribution in [0.2, 0.25) is 0 Å². The van der Waals surface area contributed by atoms with Gasteiger partial charge in [-0.3, -0.25) is 14.2 Å². The first kappa shape index (κ1) is 19.0. The van der Waals surface area contributed by atoms with Crippen molar-refractivity contribution in [2.24, 2.45) is 0 Å². The molecule has 146 valence electrons. The molecule has 1 aliphatic heterocycles. The van der Waals surface area contributed by atoms with Crippen molar-refractivity contribution in [3.8, 4) is 0 Å². The van der Waals surface area contributed by atoms with E-state index >= 15 is 0 Å². The van der Waals surface area contributed by atoms with Crippen molar-refractivity contribution in [1.29, 1.82) is 0 Å². The van der Waals surface area contributed by atoms with Gasteiger partial charge in [-0.15, -0.1) is 11.3 Å². The van der Waals surface area contributed by atoms with Crippen molar-refractivity contribution < 1.29 is 14.4 Å². The van der Waals surface area contributed by atoms with E-state index in [0.717, 1.165) is 55.4 Å². The van der Waals surface area contributed by atoms with Crippen LogP contribution in [-0.4, -0.2) is 42.0 Å². The Kier molecular flexibility index (Phi) is 5.57. The van der Waals surface area contributed by atoms with E-state index in [1.54, 1.807) is 11.3 Å². The molecule has 2 aromatic heterocycles. The van der Waals surface area contributed by atoms with Crippen LogP contribution < -0.4 is 10.5 Å². The molecule has 0 radical (unpaired) electrons. The Labute approximate surface area is 166 Å². The third-order valence-electron chi connectivity index (χ3n) is 5.66. The lowest BCUT2D eigenvalue weighted by atomic mass is 9.95. The highest BCUT2D eigenvalue weighted by Gasteiger charge is 2.28. The predicted molar refractivity (Wildman–Crippen MR) is 108 cm³/mol. The highest BCUT2D eigenvalue weighted by Crippen LogP contribution is 2.34. The zero-order valence-electron chi connectivity index (χ0n) is 15.9. The summed E-state index contributed by atoms with van der Waals surface area (Å²) in [6.07, 6.45) is 6.49. The van der Waals surface area contributed by atoms with E-state index in [1.165, 1.54) is 40.6 Å². The van der Waals surface area contributed by atoms with Gasteiger partial charge >= 0.3 is 5.97 Å². The van der Waals surface area contributed by atoms with Crippen molar-refractivity contribution in [3.05, 3.63) is 20.8 Å². The number of thiophene rings is 1. The first-order valence-corrected chi connectivity index (χ1v) is 11.5. The highest BCUT2D eigenvalue weighted by molar-refractivity contribution is 7.99. The van der Waals surface area contributed by atoms with Gasteiger partial charge in [0.2, 0.25) is 0 Å². The first-order valence-electron chi connectivity index (χ1n) is 9.66. The minimum Gasteiger partial charge on any atom is -0.468 e. The van der Waals surface area contributed by atoms with Gasteiger partial charge in [0, 0.05) is 12.5 Å². The minimum atomic E-state index is -0.291. The molecule has 4 rings (SSSR count). The average Bonchev–Trinajstić information content (AvgIpc) is 3.04. The fourth-order valence-electron chi connectivity index (χ4n) is 4.20. The lowest BCUT2D eigenvalue weighted by Gasteiger charge is -2.26. The summed E-state index contributed by atoms with van der Waals surface area (Å²) in [5.74, 6) is -0.112. The summed E-state index contributed by atoms with van der Waals surface area (Å²) in [7, 11) is 3.58. The van der Waals surface area contributed by atoms with Crippen LogP contribution in [0, 0.1) is 0 Å². The number of rotatable bonds is 4. The van der Waals surface area contributed by atoms with Crippen LogP contribution in [0.25, 0.3) is 10.2 Å². The number of nitrogens with one attached hydrogen (secondary N) is 1. The van der Waals surface area contributed by atoms with E-state index in [2.05, 4.69) is 7.05 Å². The first-order chi connectivity index (χ1) is 13.1. The van der Waals surface area contributed by atoms with Crippen LogP contribution in [0.1, 0.15) is 48.6 Å². The summed E-state index contributed by atoms with van der Waals surface area (Å²) in [5.41, 5.74) is 1.31. The molecule has 1 saturated carbocycles. The second-order valence-electron chi connectivity index (χ2n) is 7.54. The summed E-state index contributed by atoms with van der Waals surface area (Å²) >= 11 is 2.98. The average molecular weight is 409 g/mol. The number of hydrogen-bond donors (Lipinski definition) is 1. The topological polar surface area (TPSA) is 65.6 Å². The summed E-state index contributed by atoms with van der Waals surface area (Å²) in [6.45, 7) is 2.02. The number of ether oxygens (including phenoxy) is 1. The number of quaternary nitrogens is 1. The number of esters is 1. The van der Waals surface area contributed by atoms with E-state index in [0.29, 0.717) is 5.16 Å². The number of carbonyl (C=O) groups is 1. The van der Waals surface area contributed by atoms with E-state index in [1.807, 2.05) is 4.57 Å². The smallest absolute Gasteiger partial charge is 0.316 e. The molecule has 1 N–H and O–H groups in total. The second-order valence-corrected chi connectivity index (χ2v) is 9.57. The standard InChI is InChI=1S/C19H25N3O3S2/c1-21-9-8-13-14(10-21)27-17-16(13)18(24)22(12-6-4-3-5-7-12)19(20-17)26-11-15(23)25-2/h12H,3-11H2,1-2H3/p+1. The van der Waals surface area contributed by atoms with Crippen LogP contribution in [0.4, 0.5) is 0 Å². The number of methoxy groups -OCH3 is 1. The maximum atomic E-state index is 13.6. The number of hydrogen-bond acceptors (Lipinski definition) is 6. The Bertz CT molecular complexity index is 915. The number of aromatic nitrogens is 2. The van der Waals surface area contributed by atoms with E-state index < -0.39 is 0 Å². The van der Waals surface area contributed by atoms with Gasteiger partial charge in [-0.2, -0.15) is 0 Å². The van der Waals surface area contributed by atoms with Gasteiger partial charge in [-0.05, 0) is 18.4 Å². The van der Waals surface area contributed by atoms with Crippen molar-refractivity contribution in [2.75, 3.05) is 26.5 Å². The Morgan fingerprint density at radius 1 is 1.37 bits per heavy atom. The van der Waals surface area contributed by atoms with Gasteiger partial charge in [0.15, 0.2) is 5.16 Å². The van der Waals surface area contributed by atoms with Crippen molar-refractivity contribution >= 4 is 39.3 Å². The largest absolute Gasteiger partial charge is 0.468 e. The van der Waals surface area contributed by atoms with Crippen molar-refractivity contribution in [3.63, 3.8) is 0 Å². The normalized spacial score (nSPS) is 20.6. The predicted octanol–water partition coefficient (Wildman–Crippen LogP) is 1.80. The number of likely N-dealkylation sites (N-methyl/N-ethyl adjacent to an activating group) is 1. The zero-order valence-corrected chi connectivity index (χ0v) is 17.5. The maximum Gasteiger partial charge on any atom is 0.316 e. The molecule has 2 aromatic rings. The molecule has 1 fully saturated rings. The quantitative estimate of drug-likeness (QED) is 0.475. The van der Waals surface area contributed by atoms with Crippen LogP contribution in [0.15, 0.2) is 9.95 Å². The molecular weight excluding hydrogens is 382 g/mol. The van der Waals surface area contributed by atoms with Crippen molar-refractivity contribution in [1.82, 2.24) is 9.55 Å². The molecule has 3 heterocycles.